The molecule has 9 nitrogen and oxygen atoms in total. The Bertz CT molecular complexity index is 1680. The molecule has 0 unspecified atom stereocenters. The molecule has 4 rings (SSSR count). The van der Waals surface area contributed by atoms with Crippen LogP contribution in [0.15, 0.2) is 75.8 Å². The van der Waals surface area contributed by atoms with E-state index in [1.54, 1.807) is 43.3 Å². The fourth-order valence-corrected chi connectivity index (χ4v) is 4.88. The van der Waals surface area contributed by atoms with Crippen molar-refractivity contribution in [3.8, 4) is 11.5 Å². The molecular formula is C26H21Cl2N3O6S. The lowest BCUT2D eigenvalue weighted by molar-refractivity contribution is 0.102. The highest BCUT2D eigenvalue weighted by Gasteiger charge is 2.21. The number of rotatable bonds is 7. The number of nitrogens with zero attached hydrogens (tertiary/aromatic N) is 2. The zero-order valence-electron chi connectivity index (χ0n) is 20.1. The van der Waals surface area contributed by atoms with Gasteiger partial charge in [0.1, 0.15) is 17.1 Å². The molecule has 0 heterocycles. The third-order valence-corrected chi connectivity index (χ3v) is 6.86. The number of carbonyl (C=O) groups is 1. The Morgan fingerprint density at radius 2 is 1.74 bits per heavy atom. The first-order chi connectivity index (χ1) is 18.0. The van der Waals surface area contributed by atoms with Crippen molar-refractivity contribution < 1.29 is 27.6 Å². The molecule has 38 heavy (non-hydrogen) atoms. The molecule has 196 valence electrons. The van der Waals surface area contributed by atoms with E-state index in [0.29, 0.717) is 39.4 Å². The Balaban J connectivity index is 1.80. The third kappa shape index (κ3) is 5.73. The lowest BCUT2D eigenvalue weighted by atomic mass is 10.0. The smallest absolute Gasteiger partial charge is 0.294 e. The molecule has 0 radical (unpaired) electrons. The van der Waals surface area contributed by atoms with E-state index in [-0.39, 0.29) is 22.0 Å². The monoisotopic (exact) mass is 573 g/mol. The van der Waals surface area contributed by atoms with Crippen LogP contribution < -0.4 is 10.1 Å². The molecule has 0 aliphatic carbocycles. The van der Waals surface area contributed by atoms with Crippen LogP contribution in [0.5, 0.6) is 11.5 Å². The van der Waals surface area contributed by atoms with Gasteiger partial charge in [-0.1, -0.05) is 47.5 Å². The van der Waals surface area contributed by atoms with Crippen molar-refractivity contribution in [2.24, 2.45) is 10.2 Å². The number of anilines is 1. The first-order valence-electron chi connectivity index (χ1n) is 11.2. The average Bonchev–Trinajstić information content (AvgIpc) is 2.85. The minimum Gasteiger partial charge on any atom is -0.505 e. The molecule has 0 fully saturated rings. The molecule has 0 saturated carbocycles. The molecule has 1 amide bonds. The Kier molecular flexibility index (Phi) is 7.89. The van der Waals surface area contributed by atoms with E-state index < -0.39 is 26.7 Å². The van der Waals surface area contributed by atoms with Crippen molar-refractivity contribution in [2.45, 2.75) is 18.7 Å². The minimum atomic E-state index is -4.48. The van der Waals surface area contributed by atoms with Crippen LogP contribution in [0.4, 0.5) is 17.1 Å². The molecule has 0 aliphatic rings. The summed E-state index contributed by atoms with van der Waals surface area (Å²) in [5, 5.41) is 23.6. The Labute approximate surface area is 228 Å². The summed E-state index contributed by atoms with van der Waals surface area (Å²) in [6.45, 7) is 3.71. The predicted molar refractivity (Wildman–Crippen MR) is 146 cm³/mol. The molecule has 0 saturated heterocycles. The number of azo groups is 1. The average molecular weight is 574 g/mol. The summed E-state index contributed by atoms with van der Waals surface area (Å²) in [7, 11) is -4.48. The van der Waals surface area contributed by atoms with Crippen molar-refractivity contribution in [1.29, 1.82) is 0 Å². The molecule has 0 spiro atoms. The van der Waals surface area contributed by atoms with Crippen molar-refractivity contribution in [3.63, 3.8) is 0 Å². The maximum Gasteiger partial charge on any atom is 0.294 e. The van der Waals surface area contributed by atoms with Gasteiger partial charge in [0.25, 0.3) is 16.0 Å². The first kappa shape index (κ1) is 27.3. The predicted octanol–water partition coefficient (Wildman–Crippen LogP) is 7.47. The number of fused-ring (bicyclic) bond motifs is 1. The highest BCUT2D eigenvalue weighted by molar-refractivity contribution is 7.85. The van der Waals surface area contributed by atoms with E-state index in [4.69, 9.17) is 27.9 Å². The highest BCUT2D eigenvalue weighted by atomic mass is 35.5. The summed E-state index contributed by atoms with van der Waals surface area (Å²) in [6, 6.07) is 15.5. The first-order valence-corrected chi connectivity index (χ1v) is 13.4. The van der Waals surface area contributed by atoms with Gasteiger partial charge >= 0.3 is 0 Å². The summed E-state index contributed by atoms with van der Waals surface area (Å²) in [6.07, 6.45) is 0. The number of nitrogens with one attached hydrogen (secondary N) is 1. The molecule has 4 aromatic carbocycles. The standard InChI is InChI=1S/C26H21Cl2N3O6S/c1-3-37-22-9-8-16(27)12-21(22)29-26(33)19-11-15-6-4-5-7-18(15)24(25(19)32)31-30-23-14(2)10-17(13-20(23)28)38(34,35)36/h4-13,32H,3H2,1-2H3,(H,29,33)(H,34,35,36). The maximum atomic E-state index is 13.3. The number of hydrogen-bond donors (Lipinski definition) is 3. The van der Waals surface area contributed by atoms with Gasteiger partial charge < -0.3 is 15.2 Å². The van der Waals surface area contributed by atoms with Crippen LogP contribution in [0, 0.1) is 6.92 Å². The number of aryl methyl sites for hydroxylation is 1. The molecule has 4 aromatic rings. The van der Waals surface area contributed by atoms with Crippen LogP contribution in [0.25, 0.3) is 10.8 Å². The van der Waals surface area contributed by atoms with Gasteiger partial charge in [0.05, 0.1) is 27.8 Å². The van der Waals surface area contributed by atoms with Crippen molar-refractivity contribution in [1.82, 2.24) is 0 Å². The molecule has 3 N–H and O–H groups in total. The van der Waals surface area contributed by atoms with Gasteiger partial charge in [0, 0.05) is 10.4 Å². The number of phenols is 1. The van der Waals surface area contributed by atoms with E-state index >= 15 is 0 Å². The van der Waals surface area contributed by atoms with Gasteiger partial charge in [-0.15, -0.1) is 10.2 Å². The van der Waals surface area contributed by atoms with Crippen LogP contribution in [0.1, 0.15) is 22.8 Å². The number of benzene rings is 4. The van der Waals surface area contributed by atoms with Crippen LogP contribution in [0.3, 0.4) is 0 Å². The quantitative estimate of drug-likeness (QED) is 0.155. The van der Waals surface area contributed by atoms with E-state index in [1.165, 1.54) is 25.1 Å². The molecule has 12 heteroatoms. The molecule has 0 atom stereocenters. The molecule has 0 bridgehead atoms. The Hall–Kier alpha value is -3.70. The number of hydrogen-bond acceptors (Lipinski definition) is 7. The zero-order valence-corrected chi connectivity index (χ0v) is 22.4. The minimum absolute atomic E-state index is 0.00120. The van der Waals surface area contributed by atoms with Gasteiger partial charge in [-0.05, 0) is 61.2 Å². The largest absolute Gasteiger partial charge is 0.505 e. The summed E-state index contributed by atoms with van der Waals surface area (Å²) >= 11 is 12.3. The second kappa shape index (κ2) is 11.0. The van der Waals surface area contributed by atoms with E-state index in [2.05, 4.69) is 15.5 Å². The lowest BCUT2D eigenvalue weighted by Gasteiger charge is -2.14. The van der Waals surface area contributed by atoms with E-state index in [9.17, 15) is 22.9 Å². The molecule has 0 aliphatic heterocycles. The number of ether oxygens (including phenoxy) is 1. The number of amides is 1. The Morgan fingerprint density at radius 3 is 2.42 bits per heavy atom. The normalized spacial score (nSPS) is 11.7. The maximum absolute atomic E-state index is 13.3. The third-order valence-electron chi connectivity index (χ3n) is 5.50. The SMILES string of the molecule is CCOc1ccc(Cl)cc1NC(=O)c1cc2ccccc2c(N=Nc2c(C)cc(S(=O)(=O)O)cc2Cl)c1O. The molecular weight excluding hydrogens is 553 g/mol. The van der Waals surface area contributed by atoms with Gasteiger partial charge in [-0.2, -0.15) is 8.42 Å². The van der Waals surface area contributed by atoms with Crippen LogP contribution in [-0.2, 0) is 10.1 Å². The number of phenolic OH excluding ortho intramolecular Hbond substituents is 1. The molecule has 0 aromatic heterocycles. The van der Waals surface area contributed by atoms with Crippen molar-refractivity contribution in [3.05, 3.63) is 81.8 Å². The lowest BCUT2D eigenvalue weighted by Crippen LogP contribution is -2.13. The highest BCUT2D eigenvalue weighted by Crippen LogP contribution is 2.41. The summed E-state index contributed by atoms with van der Waals surface area (Å²) in [5.74, 6) is -0.670. The van der Waals surface area contributed by atoms with Crippen LogP contribution in [0.2, 0.25) is 10.0 Å². The van der Waals surface area contributed by atoms with Crippen LogP contribution >= 0.6 is 23.2 Å². The van der Waals surface area contributed by atoms with Gasteiger partial charge in [0.2, 0.25) is 0 Å². The van der Waals surface area contributed by atoms with Gasteiger partial charge in [-0.3, -0.25) is 9.35 Å². The fraction of sp³-hybridized carbons (Fsp3) is 0.115. The van der Waals surface area contributed by atoms with E-state index in [0.717, 1.165) is 6.07 Å². The second-order valence-electron chi connectivity index (χ2n) is 8.12. The van der Waals surface area contributed by atoms with Gasteiger partial charge in [0.15, 0.2) is 5.75 Å². The fourth-order valence-electron chi connectivity index (χ4n) is 3.74. The number of carbonyl (C=O) groups excluding carboxylic acids is 1. The van der Waals surface area contributed by atoms with Crippen molar-refractivity contribution >= 4 is 67.1 Å². The van der Waals surface area contributed by atoms with Crippen LogP contribution in [-0.4, -0.2) is 30.6 Å². The zero-order chi connectivity index (χ0) is 27.6. The van der Waals surface area contributed by atoms with Gasteiger partial charge in [-0.25, -0.2) is 0 Å². The number of aromatic hydroxyl groups is 1. The topological polar surface area (TPSA) is 138 Å². The van der Waals surface area contributed by atoms with Crippen molar-refractivity contribution in [2.75, 3.05) is 11.9 Å². The Morgan fingerprint density at radius 1 is 1.03 bits per heavy atom. The summed E-state index contributed by atoms with van der Waals surface area (Å²) in [5.41, 5.74) is 0.679. The second-order valence-corrected chi connectivity index (χ2v) is 10.4. The number of halogens is 2. The van der Waals surface area contributed by atoms with E-state index in [1.807, 2.05) is 0 Å². The summed E-state index contributed by atoms with van der Waals surface area (Å²) < 4.78 is 37.8. The summed E-state index contributed by atoms with van der Waals surface area (Å²) in [4.78, 5) is 12.9.